The van der Waals surface area contributed by atoms with E-state index >= 15 is 0 Å². The van der Waals surface area contributed by atoms with Crippen LogP contribution in [0.15, 0.2) is 0 Å². The molecule has 0 aliphatic heterocycles. The number of fused-ring (bicyclic) bond motifs is 3. The highest BCUT2D eigenvalue weighted by Crippen LogP contribution is 2.60. The molecule has 1 atom stereocenters. The van der Waals surface area contributed by atoms with Crippen LogP contribution in [0.25, 0.3) is 0 Å². The molecule has 1 nitrogen and oxygen atoms in total. The van der Waals surface area contributed by atoms with Crippen molar-refractivity contribution in [3.8, 4) is 0 Å². The van der Waals surface area contributed by atoms with Crippen molar-refractivity contribution in [1.82, 2.24) is 0 Å². The van der Waals surface area contributed by atoms with Crippen LogP contribution < -0.4 is 0 Å². The van der Waals surface area contributed by atoms with Crippen LogP contribution in [0.2, 0.25) is 24.7 Å². The molecule has 76 valence electrons. The minimum atomic E-state index is -1.18. The molecule has 3 fully saturated rings. The molecule has 0 saturated heterocycles. The van der Waals surface area contributed by atoms with Gasteiger partial charge in [-0.2, -0.15) is 0 Å². The average Bonchev–Trinajstić information content (AvgIpc) is 2.03. The molecule has 0 amide bonds. The zero-order valence-corrected chi connectivity index (χ0v) is 10.1. The van der Waals surface area contributed by atoms with Crippen LogP contribution in [-0.4, -0.2) is 19.3 Å². The van der Waals surface area contributed by atoms with Gasteiger partial charge >= 0.3 is 0 Å². The van der Waals surface area contributed by atoms with Gasteiger partial charge in [-0.05, 0) is 43.1 Å². The van der Waals surface area contributed by atoms with E-state index in [0.717, 1.165) is 12.3 Å². The molecule has 0 spiro atoms. The van der Waals surface area contributed by atoms with Crippen molar-refractivity contribution in [2.45, 2.75) is 62.9 Å². The van der Waals surface area contributed by atoms with Crippen LogP contribution in [-0.2, 0) is 0 Å². The third kappa shape index (κ3) is 1.30. The number of rotatable bonds is 1. The number of hydrogen-bond donors (Lipinski definition) is 1. The first kappa shape index (κ1) is 9.72. The van der Waals surface area contributed by atoms with Crippen molar-refractivity contribution in [3.63, 3.8) is 0 Å². The van der Waals surface area contributed by atoms with Gasteiger partial charge < -0.3 is 5.11 Å². The minimum absolute atomic E-state index is 0.0340. The van der Waals surface area contributed by atoms with Crippen molar-refractivity contribution in [3.05, 3.63) is 0 Å². The summed E-state index contributed by atoms with van der Waals surface area (Å²) in [4.78, 5) is 0. The first-order valence-corrected chi connectivity index (χ1v) is 9.14. The molecule has 0 radical (unpaired) electrons. The van der Waals surface area contributed by atoms with E-state index in [-0.39, 0.29) is 6.10 Å². The van der Waals surface area contributed by atoms with Crippen molar-refractivity contribution in [1.29, 1.82) is 0 Å². The number of hydrogen-bond acceptors (Lipinski definition) is 1. The normalized spacial score (nSPS) is 45.2. The van der Waals surface area contributed by atoms with Gasteiger partial charge in [0.1, 0.15) is 0 Å². The molecule has 1 unspecified atom stereocenters. The van der Waals surface area contributed by atoms with Crippen LogP contribution >= 0.6 is 0 Å². The van der Waals surface area contributed by atoms with E-state index < -0.39 is 8.07 Å². The summed E-state index contributed by atoms with van der Waals surface area (Å²) in [5.41, 5.74) is 0. The third-order valence-corrected chi connectivity index (χ3v) is 8.51. The third-order valence-electron chi connectivity index (χ3n) is 4.69. The molecule has 3 aliphatic rings. The lowest BCUT2D eigenvalue weighted by molar-refractivity contribution is 0.00860. The summed E-state index contributed by atoms with van der Waals surface area (Å²) >= 11 is 0. The largest absolute Gasteiger partial charge is 0.393 e. The Bertz CT molecular complexity index is 199. The van der Waals surface area contributed by atoms with Gasteiger partial charge in [0.05, 0.1) is 14.2 Å². The summed E-state index contributed by atoms with van der Waals surface area (Å²) in [6.45, 7) is 7.30. The Morgan fingerprint density at radius 3 is 2.00 bits per heavy atom. The Balaban J connectivity index is 2.28. The lowest BCUT2D eigenvalue weighted by Gasteiger charge is -2.56. The molecule has 0 aromatic heterocycles. The summed E-state index contributed by atoms with van der Waals surface area (Å²) in [5, 5.41) is 10.6. The van der Waals surface area contributed by atoms with Crippen LogP contribution in [0.3, 0.4) is 0 Å². The Morgan fingerprint density at radius 2 is 1.69 bits per heavy atom. The number of aliphatic hydroxyl groups excluding tert-OH is 1. The monoisotopic (exact) mass is 198 g/mol. The summed E-state index contributed by atoms with van der Waals surface area (Å²) in [5.74, 6) is 0.855. The van der Waals surface area contributed by atoms with Gasteiger partial charge in [0.25, 0.3) is 0 Å². The van der Waals surface area contributed by atoms with E-state index in [1.165, 1.54) is 25.7 Å². The topological polar surface area (TPSA) is 20.2 Å². The van der Waals surface area contributed by atoms with Gasteiger partial charge in [-0.3, -0.25) is 0 Å². The average molecular weight is 198 g/mol. The van der Waals surface area contributed by atoms with Crippen molar-refractivity contribution in [2.75, 3.05) is 0 Å². The Labute approximate surface area is 82.6 Å². The van der Waals surface area contributed by atoms with Gasteiger partial charge in [-0.25, -0.2) is 0 Å². The summed E-state index contributed by atoms with van der Waals surface area (Å²) in [7, 11) is -1.18. The van der Waals surface area contributed by atoms with Crippen LogP contribution in [0, 0.1) is 5.92 Å². The molecule has 1 N–H and O–H groups in total. The second-order valence-corrected chi connectivity index (χ2v) is 11.6. The number of aliphatic hydroxyl groups is 1. The first-order valence-electron chi connectivity index (χ1n) is 5.64. The maximum Gasteiger partial charge on any atom is 0.0575 e. The smallest absolute Gasteiger partial charge is 0.0575 e. The second kappa shape index (κ2) is 2.83. The van der Waals surface area contributed by atoms with Gasteiger partial charge in [0.2, 0.25) is 0 Å². The summed E-state index contributed by atoms with van der Waals surface area (Å²) in [6.07, 6.45) is 6.54. The molecule has 3 rings (SSSR count). The molecule has 0 heterocycles. The molecule has 0 aromatic carbocycles. The highest BCUT2D eigenvalue weighted by atomic mass is 28.3. The van der Waals surface area contributed by atoms with Crippen molar-refractivity contribution in [2.24, 2.45) is 5.92 Å². The van der Waals surface area contributed by atoms with Crippen LogP contribution in [0.1, 0.15) is 32.1 Å². The Hall–Kier alpha value is 0.177. The predicted octanol–water partition coefficient (Wildman–Crippen LogP) is 3.02. The molecule has 13 heavy (non-hydrogen) atoms. The second-order valence-electron chi connectivity index (χ2n) is 6.10. The minimum Gasteiger partial charge on any atom is -0.393 e. The lowest BCUT2D eigenvalue weighted by atomic mass is 9.68. The molecule has 0 aromatic rings. The van der Waals surface area contributed by atoms with Gasteiger partial charge in [0.15, 0.2) is 0 Å². The zero-order valence-electron chi connectivity index (χ0n) is 9.14. The highest BCUT2D eigenvalue weighted by Gasteiger charge is 2.54. The molecule has 3 aliphatic carbocycles. The fraction of sp³-hybridized carbons (Fsp3) is 1.00. The van der Waals surface area contributed by atoms with E-state index in [4.69, 9.17) is 0 Å². The molecular formula is C11H22OSi. The first-order chi connectivity index (χ1) is 5.96. The van der Waals surface area contributed by atoms with E-state index in [9.17, 15) is 5.11 Å². The summed E-state index contributed by atoms with van der Waals surface area (Å²) in [6, 6.07) is 0. The van der Waals surface area contributed by atoms with Crippen molar-refractivity contribution < 1.29 is 5.11 Å². The maximum absolute atomic E-state index is 10.2. The molecular weight excluding hydrogens is 176 g/mol. The Morgan fingerprint density at radius 1 is 1.15 bits per heavy atom. The Kier molecular flexibility index (Phi) is 2.12. The van der Waals surface area contributed by atoms with E-state index in [2.05, 4.69) is 19.6 Å². The predicted molar refractivity (Wildman–Crippen MR) is 58.6 cm³/mol. The van der Waals surface area contributed by atoms with Crippen LogP contribution in [0.4, 0.5) is 0 Å². The highest BCUT2D eigenvalue weighted by molar-refractivity contribution is 6.79. The maximum atomic E-state index is 10.2. The van der Waals surface area contributed by atoms with Gasteiger partial charge in [-0.1, -0.05) is 19.6 Å². The van der Waals surface area contributed by atoms with Gasteiger partial charge in [0, 0.05) is 0 Å². The van der Waals surface area contributed by atoms with E-state index in [0.29, 0.717) is 5.04 Å². The van der Waals surface area contributed by atoms with Gasteiger partial charge in [-0.15, -0.1) is 0 Å². The lowest BCUT2D eigenvalue weighted by Crippen LogP contribution is -2.53. The molecule has 3 saturated carbocycles. The zero-order chi connectivity index (χ0) is 9.69. The molecule has 2 bridgehead atoms. The standard InChI is InChI=1S/C11H22OSi/c1-13(2,3)11-6-4-9(5-7-11)8-10(11)12/h9-10,12H,4-8H2,1-3H3. The quantitative estimate of drug-likeness (QED) is 0.642. The van der Waals surface area contributed by atoms with Crippen molar-refractivity contribution >= 4 is 8.07 Å². The summed E-state index contributed by atoms with van der Waals surface area (Å²) < 4.78 is 0. The molecule has 2 heteroatoms. The fourth-order valence-electron chi connectivity index (χ4n) is 3.55. The van der Waals surface area contributed by atoms with E-state index in [1.807, 2.05) is 0 Å². The van der Waals surface area contributed by atoms with E-state index in [1.54, 1.807) is 0 Å². The SMILES string of the molecule is C[Si](C)(C)C12CCC(CC1)CC2O. The van der Waals surface area contributed by atoms with Crippen LogP contribution in [0.5, 0.6) is 0 Å². The fourth-order valence-corrected chi connectivity index (χ4v) is 6.46.